The van der Waals surface area contributed by atoms with Crippen LogP contribution in [-0.4, -0.2) is 42.4 Å². The molecule has 1 fully saturated rings. The SMILES string of the molecule is Cc1ccnc(N2CCCOCC2)c1C(=O)O. The van der Waals surface area contributed by atoms with Gasteiger partial charge in [-0.05, 0) is 25.0 Å². The summed E-state index contributed by atoms with van der Waals surface area (Å²) in [6.07, 6.45) is 2.55. The Morgan fingerprint density at radius 3 is 3.06 bits per heavy atom. The van der Waals surface area contributed by atoms with Crippen molar-refractivity contribution in [2.75, 3.05) is 31.2 Å². The average Bonchev–Trinajstić information content (AvgIpc) is 2.56. The molecule has 1 N–H and O–H groups in total. The van der Waals surface area contributed by atoms with E-state index in [4.69, 9.17) is 4.74 Å². The summed E-state index contributed by atoms with van der Waals surface area (Å²) in [5.41, 5.74) is 1.04. The number of carboxylic acid groups (broad SMARTS) is 1. The minimum Gasteiger partial charge on any atom is -0.478 e. The molecule has 17 heavy (non-hydrogen) atoms. The molecule has 0 spiro atoms. The van der Waals surface area contributed by atoms with Crippen molar-refractivity contribution in [3.05, 3.63) is 23.4 Å². The van der Waals surface area contributed by atoms with Crippen molar-refractivity contribution < 1.29 is 14.6 Å². The molecule has 1 saturated heterocycles. The molecule has 0 bridgehead atoms. The first-order chi connectivity index (χ1) is 8.20. The van der Waals surface area contributed by atoms with E-state index >= 15 is 0 Å². The maximum Gasteiger partial charge on any atom is 0.339 e. The Balaban J connectivity index is 2.36. The summed E-state index contributed by atoms with van der Waals surface area (Å²) < 4.78 is 5.36. The van der Waals surface area contributed by atoms with Gasteiger partial charge < -0.3 is 14.7 Å². The van der Waals surface area contributed by atoms with Gasteiger partial charge in [-0.15, -0.1) is 0 Å². The smallest absolute Gasteiger partial charge is 0.339 e. The minimum atomic E-state index is -0.921. The normalized spacial score (nSPS) is 16.6. The van der Waals surface area contributed by atoms with Crippen molar-refractivity contribution >= 4 is 11.8 Å². The summed E-state index contributed by atoms with van der Waals surface area (Å²) in [6.45, 7) is 4.62. The molecule has 1 aliphatic heterocycles. The number of carboxylic acids is 1. The average molecular weight is 236 g/mol. The van der Waals surface area contributed by atoms with Gasteiger partial charge in [-0.1, -0.05) is 0 Å². The van der Waals surface area contributed by atoms with Gasteiger partial charge in [0, 0.05) is 25.9 Å². The Labute approximate surface area is 100 Å². The summed E-state index contributed by atoms with van der Waals surface area (Å²) in [6, 6.07) is 1.72. The van der Waals surface area contributed by atoms with Gasteiger partial charge in [0.25, 0.3) is 0 Å². The van der Waals surface area contributed by atoms with Gasteiger partial charge >= 0.3 is 5.97 Å². The van der Waals surface area contributed by atoms with E-state index in [1.165, 1.54) is 0 Å². The monoisotopic (exact) mass is 236 g/mol. The largest absolute Gasteiger partial charge is 0.478 e. The lowest BCUT2D eigenvalue weighted by molar-refractivity contribution is 0.0696. The van der Waals surface area contributed by atoms with Crippen LogP contribution < -0.4 is 4.90 Å². The number of aryl methyl sites for hydroxylation is 1. The summed E-state index contributed by atoms with van der Waals surface area (Å²) >= 11 is 0. The first-order valence-corrected chi connectivity index (χ1v) is 5.71. The molecule has 1 aliphatic rings. The molecule has 0 saturated carbocycles. The van der Waals surface area contributed by atoms with Crippen LogP contribution in [0, 0.1) is 6.92 Å². The van der Waals surface area contributed by atoms with Gasteiger partial charge in [-0.2, -0.15) is 0 Å². The standard InChI is InChI=1S/C12H16N2O3/c1-9-3-4-13-11(10(9)12(15)16)14-5-2-7-17-8-6-14/h3-4H,2,5-8H2,1H3,(H,15,16). The number of carbonyl (C=O) groups is 1. The number of ether oxygens (including phenoxy) is 1. The van der Waals surface area contributed by atoms with E-state index in [0.717, 1.165) is 25.1 Å². The van der Waals surface area contributed by atoms with Gasteiger partial charge in [-0.3, -0.25) is 0 Å². The fraction of sp³-hybridized carbons (Fsp3) is 0.500. The fourth-order valence-corrected chi connectivity index (χ4v) is 2.01. The highest BCUT2D eigenvalue weighted by atomic mass is 16.5. The molecule has 0 unspecified atom stereocenters. The number of rotatable bonds is 2. The molecule has 92 valence electrons. The van der Waals surface area contributed by atoms with Gasteiger partial charge in [0.2, 0.25) is 0 Å². The highest BCUT2D eigenvalue weighted by Crippen LogP contribution is 2.21. The third-order valence-electron chi connectivity index (χ3n) is 2.87. The third-order valence-corrected chi connectivity index (χ3v) is 2.87. The Morgan fingerprint density at radius 2 is 2.29 bits per heavy atom. The molecule has 0 amide bonds. The van der Waals surface area contributed by atoms with Crippen LogP contribution in [0.4, 0.5) is 5.82 Å². The van der Waals surface area contributed by atoms with Crippen molar-refractivity contribution in [3.63, 3.8) is 0 Å². The molecule has 0 aromatic carbocycles. The number of pyridine rings is 1. The zero-order valence-electron chi connectivity index (χ0n) is 9.85. The van der Waals surface area contributed by atoms with Gasteiger partial charge in [0.05, 0.1) is 6.61 Å². The van der Waals surface area contributed by atoms with Gasteiger partial charge in [0.1, 0.15) is 11.4 Å². The topological polar surface area (TPSA) is 62.7 Å². The second-order valence-corrected chi connectivity index (χ2v) is 4.08. The summed E-state index contributed by atoms with van der Waals surface area (Å²) in [5, 5.41) is 9.25. The van der Waals surface area contributed by atoms with Crippen LogP contribution in [0.5, 0.6) is 0 Å². The highest BCUT2D eigenvalue weighted by molar-refractivity contribution is 5.94. The van der Waals surface area contributed by atoms with E-state index in [2.05, 4.69) is 4.98 Å². The van der Waals surface area contributed by atoms with Crippen molar-refractivity contribution in [1.82, 2.24) is 4.98 Å². The van der Waals surface area contributed by atoms with Crippen molar-refractivity contribution in [1.29, 1.82) is 0 Å². The quantitative estimate of drug-likeness (QED) is 0.839. The molecule has 0 radical (unpaired) electrons. The highest BCUT2D eigenvalue weighted by Gasteiger charge is 2.20. The maximum atomic E-state index is 11.3. The lowest BCUT2D eigenvalue weighted by Gasteiger charge is -2.22. The predicted octanol–water partition coefficient (Wildman–Crippen LogP) is 1.31. The van der Waals surface area contributed by atoms with Crippen LogP contribution >= 0.6 is 0 Å². The van der Waals surface area contributed by atoms with Crippen molar-refractivity contribution in [3.8, 4) is 0 Å². The fourth-order valence-electron chi connectivity index (χ4n) is 2.01. The van der Waals surface area contributed by atoms with E-state index < -0.39 is 5.97 Å². The lowest BCUT2D eigenvalue weighted by Crippen LogP contribution is -2.29. The van der Waals surface area contributed by atoms with Gasteiger partial charge in [0.15, 0.2) is 0 Å². The van der Waals surface area contributed by atoms with Crippen LogP contribution in [0.25, 0.3) is 0 Å². The molecule has 1 aromatic rings. The minimum absolute atomic E-state index is 0.300. The zero-order chi connectivity index (χ0) is 12.3. The Hall–Kier alpha value is -1.62. The number of anilines is 1. The second-order valence-electron chi connectivity index (χ2n) is 4.08. The van der Waals surface area contributed by atoms with Crippen LogP contribution in [0.2, 0.25) is 0 Å². The van der Waals surface area contributed by atoms with Crippen LogP contribution in [0.1, 0.15) is 22.3 Å². The molecule has 2 rings (SSSR count). The van der Waals surface area contributed by atoms with Crippen LogP contribution in [0.3, 0.4) is 0 Å². The number of nitrogens with zero attached hydrogens (tertiary/aromatic N) is 2. The van der Waals surface area contributed by atoms with E-state index in [1.54, 1.807) is 19.2 Å². The molecule has 0 aliphatic carbocycles. The van der Waals surface area contributed by atoms with E-state index in [1.807, 2.05) is 4.90 Å². The molecule has 2 heterocycles. The predicted molar refractivity (Wildman–Crippen MR) is 63.6 cm³/mol. The van der Waals surface area contributed by atoms with Crippen LogP contribution in [0.15, 0.2) is 12.3 Å². The Morgan fingerprint density at radius 1 is 1.47 bits per heavy atom. The van der Waals surface area contributed by atoms with E-state index in [-0.39, 0.29) is 0 Å². The number of aromatic carboxylic acids is 1. The molecule has 5 nitrogen and oxygen atoms in total. The summed E-state index contributed by atoms with van der Waals surface area (Å²) in [7, 11) is 0. The summed E-state index contributed by atoms with van der Waals surface area (Å²) in [4.78, 5) is 17.5. The Kier molecular flexibility index (Phi) is 3.58. The number of hydrogen-bond donors (Lipinski definition) is 1. The molecule has 0 atom stereocenters. The molecular formula is C12H16N2O3. The lowest BCUT2D eigenvalue weighted by atomic mass is 10.1. The first kappa shape index (κ1) is 11.9. The number of aromatic nitrogens is 1. The number of hydrogen-bond acceptors (Lipinski definition) is 4. The Bertz CT molecular complexity index is 412. The van der Waals surface area contributed by atoms with Crippen molar-refractivity contribution in [2.45, 2.75) is 13.3 Å². The molecular weight excluding hydrogens is 220 g/mol. The van der Waals surface area contributed by atoms with Crippen molar-refractivity contribution in [2.24, 2.45) is 0 Å². The summed E-state index contributed by atoms with van der Waals surface area (Å²) in [5.74, 6) is -0.362. The molecule has 5 heteroatoms. The van der Waals surface area contributed by atoms with Crippen LogP contribution in [-0.2, 0) is 4.74 Å². The third kappa shape index (κ3) is 2.55. The zero-order valence-corrected chi connectivity index (χ0v) is 9.85. The second kappa shape index (κ2) is 5.14. The van der Waals surface area contributed by atoms with E-state index in [0.29, 0.717) is 24.5 Å². The van der Waals surface area contributed by atoms with Gasteiger partial charge in [-0.25, -0.2) is 9.78 Å². The van der Waals surface area contributed by atoms with E-state index in [9.17, 15) is 9.90 Å². The molecule has 1 aromatic heterocycles. The maximum absolute atomic E-state index is 11.3. The first-order valence-electron chi connectivity index (χ1n) is 5.71.